The van der Waals surface area contributed by atoms with E-state index in [1.54, 1.807) is 55.4 Å². The molecule has 66 heavy (non-hydrogen) atoms. The smallest absolute Gasteiger partial charge is 0.311 e. The van der Waals surface area contributed by atoms with E-state index in [2.05, 4.69) is 15.4 Å². The van der Waals surface area contributed by atoms with Crippen LogP contribution in [0.4, 0.5) is 0 Å². The first-order valence-electron chi connectivity index (χ1n) is 24.8. The lowest BCUT2D eigenvalue weighted by Crippen LogP contribution is -2.70. The molecular formula is C47H90N4O14S. The molecule has 3 aliphatic heterocycles. The highest BCUT2D eigenvalue weighted by atomic mass is 32.2. The minimum Gasteiger partial charge on any atom is -0.459 e. The average Bonchev–Trinajstić information content (AvgIpc) is 3.26. The summed E-state index contributed by atoms with van der Waals surface area (Å²) in [4.78, 5) is 14.5. The number of carbonyl (C=O) groups is 1. The zero-order chi connectivity index (χ0) is 49.6. The summed E-state index contributed by atoms with van der Waals surface area (Å²) in [6, 6.07) is -1.62. The number of esters is 1. The molecule has 8 N–H and O–H groups in total. The molecule has 4 fully saturated rings. The van der Waals surface area contributed by atoms with E-state index in [1.807, 2.05) is 13.8 Å². The number of carbonyl (C=O) groups excluding carboxylic acids is 1. The Balaban J connectivity index is 1.77. The van der Waals surface area contributed by atoms with Crippen LogP contribution in [0.3, 0.4) is 0 Å². The Morgan fingerprint density at radius 1 is 0.939 bits per heavy atom. The zero-order valence-electron chi connectivity index (χ0n) is 42.3. The molecule has 0 aromatic heterocycles. The molecule has 1 aliphatic carbocycles. The average molecular weight is 967 g/mol. The molecule has 0 spiro atoms. The molecule has 1 saturated carbocycles. The van der Waals surface area contributed by atoms with E-state index >= 15 is 0 Å². The molecule has 3 saturated heterocycles. The number of methoxy groups -OCH3 is 1. The molecule has 10 unspecified atom stereocenters. The first-order valence-corrected chi connectivity index (χ1v) is 26.2. The van der Waals surface area contributed by atoms with Gasteiger partial charge in [-0.1, -0.05) is 47.0 Å². The molecule has 4 rings (SSSR count). The quantitative estimate of drug-likeness (QED) is 0.0869. The number of likely N-dealkylation sites (N-methyl/N-ethyl adjacent to an activating group) is 1. The van der Waals surface area contributed by atoms with Gasteiger partial charge in [-0.15, -0.1) is 0 Å². The predicted octanol–water partition coefficient (Wildman–Crippen LogP) is 2.71. The van der Waals surface area contributed by atoms with Gasteiger partial charge in [-0.25, -0.2) is 4.72 Å². The van der Waals surface area contributed by atoms with Gasteiger partial charge >= 0.3 is 5.97 Å². The van der Waals surface area contributed by atoms with E-state index in [9.17, 15) is 38.7 Å². The molecular weight excluding hydrogens is 877 g/mol. The number of ether oxygens (including phenoxy) is 6. The van der Waals surface area contributed by atoms with E-state index in [-0.39, 0.29) is 44.1 Å². The van der Waals surface area contributed by atoms with Gasteiger partial charge in [0.1, 0.15) is 35.1 Å². The van der Waals surface area contributed by atoms with Crippen molar-refractivity contribution in [3.05, 3.63) is 0 Å². The van der Waals surface area contributed by atoms with Crippen LogP contribution in [0.5, 0.6) is 0 Å². The van der Waals surface area contributed by atoms with E-state index < -0.39 is 118 Å². The lowest BCUT2D eigenvalue weighted by atomic mass is 9.75. The predicted molar refractivity (Wildman–Crippen MR) is 249 cm³/mol. The Kier molecular flexibility index (Phi) is 20.8. The molecule has 18 nitrogen and oxygen atoms in total. The second-order valence-electron chi connectivity index (χ2n) is 21.1. The van der Waals surface area contributed by atoms with Crippen molar-refractivity contribution in [3.8, 4) is 0 Å². The SMILES string of the molecule is CCCNC[C@]1(O)[C@H](C)O[C@@H](OC2C(C)C(=O)OC(CC)C(C)(O)C(O)C(C)NCC(C)CC(C)(O)C(O[C@@H]3O[C@H](C)C[C@H](N(C)S(=O)(=O)NCC4CCCCC4)[C@H]3O)C2C)C[C@@]1(C)OC. The van der Waals surface area contributed by atoms with Crippen LogP contribution in [-0.4, -0.2) is 174 Å². The summed E-state index contributed by atoms with van der Waals surface area (Å²) >= 11 is 0. The van der Waals surface area contributed by atoms with Crippen LogP contribution in [0.15, 0.2) is 0 Å². The summed E-state index contributed by atoms with van der Waals surface area (Å²) in [5.41, 5.74) is -6.28. The highest BCUT2D eigenvalue weighted by molar-refractivity contribution is 7.87. The second kappa shape index (κ2) is 23.8. The molecule has 388 valence electrons. The lowest BCUT2D eigenvalue weighted by Gasteiger charge is -2.53. The maximum atomic E-state index is 14.5. The fourth-order valence-electron chi connectivity index (χ4n) is 10.9. The summed E-state index contributed by atoms with van der Waals surface area (Å²) in [5, 5.41) is 66.8. The van der Waals surface area contributed by atoms with Gasteiger partial charge in [0.25, 0.3) is 10.2 Å². The van der Waals surface area contributed by atoms with Gasteiger partial charge in [0.2, 0.25) is 0 Å². The monoisotopic (exact) mass is 967 g/mol. The number of aliphatic hydroxyl groups is 5. The van der Waals surface area contributed by atoms with Gasteiger partial charge in [-0.05, 0) is 112 Å². The van der Waals surface area contributed by atoms with Gasteiger partial charge in [-0.2, -0.15) is 12.7 Å². The standard InChI is InChI=1S/C47H90N4O14S/c1-14-21-48-27-47(57)33(8)62-37(24-45(47,10)60-13)64-39-30(5)41(44(9,55)23-28(3)25-49-32(7)40(53)46(11,56)36(15-2)63-42(54)31(39)6)65-43-38(52)35(22-29(4)61-43)51(12)66(58,59)50-26-34-19-17-16-18-20-34/h28-41,43,48-50,52-53,55-57H,14-27H2,1-13H3/t28?,29-,30?,31?,32?,33+,35+,36?,37+,38-,39?,40?,41?,43+,44?,45-,46?,47+/m1/s1. The van der Waals surface area contributed by atoms with Crippen molar-refractivity contribution in [2.75, 3.05) is 40.3 Å². The summed E-state index contributed by atoms with van der Waals surface area (Å²) < 4.78 is 70.0. The van der Waals surface area contributed by atoms with Crippen LogP contribution < -0.4 is 15.4 Å². The number of nitrogens with zero attached hydrogens (tertiary/aromatic N) is 1. The van der Waals surface area contributed by atoms with Gasteiger partial charge in [0.05, 0.1) is 42.0 Å². The van der Waals surface area contributed by atoms with Gasteiger partial charge < -0.3 is 64.6 Å². The summed E-state index contributed by atoms with van der Waals surface area (Å²) in [6.07, 6.45) is -3.83. The van der Waals surface area contributed by atoms with Crippen LogP contribution in [-0.2, 0) is 43.4 Å². The van der Waals surface area contributed by atoms with Crippen molar-refractivity contribution < 1.29 is 67.2 Å². The van der Waals surface area contributed by atoms with Gasteiger partial charge in [0.15, 0.2) is 12.6 Å². The maximum Gasteiger partial charge on any atom is 0.311 e. The van der Waals surface area contributed by atoms with Crippen molar-refractivity contribution in [3.63, 3.8) is 0 Å². The van der Waals surface area contributed by atoms with Crippen molar-refractivity contribution in [1.29, 1.82) is 0 Å². The topological polar surface area (TPSA) is 247 Å². The van der Waals surface area contributed by atoms with Crippen molar-refractivity contribution in [2.24, 2.45) is 23.7 Å². The lowest BCUT2D eigenvalue weighted by molar-refractivity contribution is -0.336. The van der Waals surface area contributed by atoms with Crippen LogP contribution in [0, 0.1) is 23.7 Å². The second-order valence-corrected chi connectivity index (χ2v) is 22.9. The van der Waals surface area contributed by atoms with Crippen molar-refractivity contribution in [1.82, 2.24) is 19.7 Å². The molecule has 0 amide bonds. The van der Waals surface area contributed by atoms with Crippen molar-refractivity contribution >= 4 is 16.2 Å². The Bertz CT molecular complexity index is 1620. The number of hydrogen-bond acceptors (Lipinski definition) is 16. The van der Waals surface area contributed by atoms with Crippen molar-refractivity contribution in [2.45, 2.75) is 230 Å². The first kappa shape index (κ1) is 57.4. The molecule has 0 bridgehead atoms. The minimum absolute atomic E-state index is 0.0311. The normalized spacial score (nSPS) is 44.4. The highest BCUT2D eigenvalue weighted by Crippen LogP contribution is 2.43. The number of cyclic esters (lactones) is 1. The van der Waals surface area contributed by atoms with Crippen LogP contribution in [0.25, 0.3) is 0 Å². The highest BCUT2D eigenvalue weighted by Gasteiger charge is 2.58. The number of nitrogens with one attached hydrogen (secondary N) is 3. The van der Waals surface area contributed by atoms with E-state index in [0.717, 1.165) is 42.8 Å². The summed E-state index contributed by atoms with van der Waals surface area (Å²) in [6.45, 7) is 20.5. The summed E-state index contributed by atoms with van der Waals surface area (Å²) in [5.74, 6) is -2.83. The zero-order valence-corrected chi connectivity index (χ0v) is 43.1. The Morgan fingerprint density at radius 2 is 1.59 bits per heavy atom. The van der Waals surface area contributed by atoms with Crippen LogP contribution in [0.2, 0.25) is 0 Å². The Morgan fingerprint density at radius 3 is 2.20 bits per heavy atom. The molecule has 4 aliphatic rings. The van der Waals surface area contributed by atoms with Crippen LogP contribution >= 0.6 is 0 Å². The molecule has 0 aromatic carbocycles. The minimum atomic E-state index is -4.04. The third-order valence-electron chi connectivity index (χ3n) is 15.5. The molecule has 0 aromatic rings. The fraction of sp³-hybridized carbons (Fsp3) is 0.979. The maximum absolute atomic E-state index is 14.5. The third-order valence-corrected chi connectivity index (χ3v) is 17.0. The Hall–Kier alpha value is -1.14. The number of aliphatic hydroxyl groups excluding tert-OH is 2. The largest absolute Gasteiger partial charge is 0.459 e. The van der Waals surface area contributed by atoms with Crippen LogP contribution in [0.1, 0.15) is 140 Å². The van der Waals surface area contributed by atoms with E-state index in [0.29, 0.717) is 19.6 Å². The summed E-state index contributed by atoms with van der Waals surface area (Å²) in [7, 11) is -1.10. The van der Waals surface area contributed by atoms with E-state index in [4.69, 9.17) is 28.4 Å². The van der Waals surface area contributed by atoms with Gasteiger partial charge in [0, 0.05) is 45.6 Å². The first-order chi connectivity index (χ1) is 30.7. The van der Waals surface area contributed by atoms with E-state index in [1.165, 1.54) is 21.1 Å². The molecule has 0 radical (unpaired) electrons. The molecule has 18 atom stereocenters. The number of hydrogen-bond donors (Lipinski definition) is 8. The van der Waals surface area contributed by atoms with Gasteiger partial charge in [-0.3, -0.25) is 4.79 Å². The number of rotatable bonds is 15. The fourth-order valence-corrected chi connectivity index (χ4v) is 12.2. The molecule has 19 heteroatoms. The Labute approximate surface area is 396 Å². The molecule has 3 heterocycles. The third kappa shape index (κ3) is 13.4.